The van der Waals surface area contributed by atoms with Crippen LogP contribution in [0.3, 0.4) is 0 Å². The minimum absolute atomic E-state index is 0.178. The van der Waals surface area contributed by atoms with E-state index in [4.69, 9.17) is 5.73 Å². The summed E-state index contributed by atoms with van der Waals surface area (Å²) in [5.74, 6) is 0. The number of aliphatic hydroxyl groups is 1. The Hall–Kier alpha value is -1.07. The van der Waals surface area contributed by atoms with Gasteiger partial charge >= 0.3 is 6.18 Å². The van der Waals surface area contributed by atoms with Crippen molar-refractivity contribution < 1.29 is 18.3 Å². The predicted molar refractivity (Wildman–Crippen MR) is 50.1 cm³/mol. The summed E-state index contributed by atoms with van der Waals surface area (Å²) in [5.41, 5.74) is 2.07. The van der Waals surface area contributed by atoms with E-state index >= 15 is 0 Å². The van der Waals surface area contributed by atoms with Crippen LogP contribution in [0, 0.1) is 0 Å². The first-order chi connectivity index (χ1) is 6.92. The lowest BCUT2D eigenvalue weighted by atomic mass is 9.90. The highest BCUT2D eigenvalue weighted by Gasteiger charge is 2.54. The number of benzene rings is 1. The van der Waals surface area contributed by atoms with Crippen LogP contribution >= 0.6 is 0 Å². The van der Waals surface area contributed by atoms with Crippen LogP contribution in [0.5, 0.6) is 0 Å². The van der Waals surface area contributed by atoms with Gasteiger partial charge in [-0.2, -0.15) is 13.2 Å². The van der Waals surface area contributed by atoms with Crippen LogP contribution in [-0.2, 0) is 5.60 Å². The molecule has 2 nitrogen and oxygen atoms in total. The molecule has 0 fully saturated rings. The van der Waals surface area contributed by atoms with Gasteiger partial charge in [0.05, 0.1) is 0 Å². The Morgan fingerprint density at radius 1 is 1.13 bits per heavy atom. The molecule has 0 saturated carbocycles. The molecule has 0 spiro atoms. The first-order valence-electron chi connectivity index (χ1n) is 4.46. The van der Waals surface area contributed by atoms with Crippen LogP contribution in [0.2, 0.25) is 0 Å². The fraction of sp³-hybridized carbons (Fsp3) is 0.400. The van der Waals surface area contributed by atoms with E-state index < -0.39 is 18.2 Å². The zero-order valence-corrected chi connectivity index (χ0v) is 7.96. The standard InChI is InChI=1S/C10H12F3NO/c11-10(12,13)9(15,6-7-14)8-4-2-1-3-5-8/h1-5,15H,6-7,14H2/t9-/m0/s1. The fourth-order valence-electron chi connectivity index (χ4n) is 1.37. The monoisotopic (exact) mass is 219 g/mol. The van der Waals surface area contributed by atoms with E-state index in [0.717, 1.165) is 0 Å². The summed E-state index contributed by atoms with van der Waals surface area (Å²) in [5, 5.41) is 9.61. The van der Waals surface area contributed by atoms with E-state index in [1.807, 2.05) is 0 Å². The normalized spacial score (nSPS) is 16.1. The maximum atomic E-state index is 12.7. The molecule has 1 rings (SSSR count). The summed E-state index contributed by atoms with van der Waals surface area (Å²) in [6.07, 6.45) is -5.26. The molecule has 0 unspecified atom stereocenters. The van der Waals surface area contributed by atoms with E-state index in [0.29, 0.717) is 0 Å². The third-order valence-electron chi connectivity index (χ3n) is 2.23. The molecule has 5 heteroatoms. The van der Waals surface area contributed by atoms with Gasteiger partial charge in [0, 0.05) is 6.42 Å². The zero-order chi connectivity index (χ0) is 11.5. The SMILES string of the molecule is NCC[C@](O)(c1ccccc1)C(F)(F)F. The smallest absolute Gasteiger partial charge is 0.376 e. The highest BCUT2D eigenvalue weighted by Crippen LogP contribution is 2.40. The second-order valence-electron chi connectivity index (χ2n) is 3.26. The molecule has 0 bridgehead atoms. The summed E-state index contributed by atoms with van der Waals surface area (Å²) in [7, 11) is 0. The molecule has 0 aliphatic rings. The highest BCUT2D eigenvalue weighted by atomic mass is 19.4. The molecule has 15 heavy (non-hydrogen) atoms. The van der Waals surface area contributed by atoms with Crippen LogP contribution in [-0.4, -0.2) is 17.8 Å². The minimum Gasteiger partial charge on any atom is -0.376 e. The summed E-state index contributed by atoms with van der Waals surface area (Å²) >= 11 is 0. The molecule has 0 aliphatic carbocycles. The average molecular weight is 219 g/mol. The Labute approximate surface area is 85.5 Å². The van der Waals surface area contributed by atoms with Crippen LogP contribution in [0.15, 0.2) is 30.3 Å². The first kappa shape index (κ1) is 12.0. The van der Waals surface area contributed by atoms with E-state index in [1.165, 1.54) is 24.3 Å². The van der Waals surface area contributed by atoms with Gasteiger partial charge in [0.25, 0.3) is 0 Å². The maximum Gasteiger partial charge on any atom is 0.421 e. The van der Waals surface area contributed by atoms with Crippen molar-refractivity contribution in [1.29, 1.82) is 0 Å². The number of halogens is 3. The Balaban J connectivity index is 3.13. The third-order valence-corrected chi connectivity index (χ3v) is 2.23. The van der Waals surface area contributed by atoms with Crippen molar-refractivity contribution in [2.45, 2.75) is 18.2 Å². The summed E-state index contributed by atoms with van der Waals surface area (Å²) in [6, 6.07) is 6.96. The van der Waals surface area contributed by atoms with Gasteiger partial charge < -0.3 is 10.8 Å². The van der Waals surface area contributed by atoms with E-state index in [1.54, 1.807) is 6.07 Å². The van der Waals surface area contributed by atoms with E-state index in [9.17, 15) is 18.3 Å². The molecule has 0 aliphatic heterocycles. The predicted octanol–water partition coefficient (Wildman–Crippen LogP) is 1.79. The molecule has 1 aromatic carbocycles. The molecule has 0 aromatic heterocycles. The van der Waals surface area contributed by atoms with Gasteiger partial charge in [-0.1, -0.05) is 30.3 Å². The number of alkyl halides is 3. The summed E-state index contributed by atoms with van der Waals surface area (Å²) in [6.45, 7) is -0.231. The first-order valence-corrected chi connectivity index (χ1v) is 4.46. The Morgan fingerprint density at radius 3 is 2.07 bits per heavy atom. The van der Waals surface area contributed by atoms with E-state index in [-0.39, 0.29) is 12.1 Å². The number of rotatable bonds is 3. The zero-order valence-electron chi connectivity index (χ0n) is 7.96. The van der Waals surface area contributed by atoms with Crippen molar-refractivity contribution in [3.63, 3.8) is 0 Å². The second kappa shape index (κ2) is 4.20. The molecule has 3 N–H and O–H groups in total. The number of hydrogen-bond donors (Lipinski definition) is 2. The quantitative estimate of drug-likeness (QED) is 0.814. The van der Waals surface area contributed by atoms with Gasteiger partial charge in [-0.25, -0.2) is 0 Å². The number of hydrogen-bond acceptors (Lipinski definition) is 2. The molecular formula is C10H12F3NO. The highest BCUT2D eigenvalue weighted by molar-refractivity contribution is 5.24. The Morgan fingerprint density at radius 2 is 1.67 bits per heavy atom. The molecule has 1 aromatic rings. The van der Waals surface area contributed by atoms with Gasteiger partial charge in [0.2, 0.25) is 0 Å². The van der Waals surface area contributed by atoms with E-state index in [2.05, 4.69) is 0 Å². The third kappa shape index (κ3) is 2.30. The molecule has 0 radical (unpaired) electrons. The van der Waals surface area contributed by atoms with Gasteiger partial charge in [0.1, 0.15) is 0 Å². The molecule has 1 atom stereocenters. The van der Waals surface area contributed by atoms with Crippen molar-refractivity contribution in [3.8, 4) is 0 Å². The average Bonchev–Trinajstić information content (AvgIpc) is 2.18. The van der Waals surface area contributed by atoms with Crippen molar-refractivity contribution in [3.05, 3.63) is 35.9 Å². The van der Waals surface area contributed by atoms with Crippen molar-refractivity contribution >= 4 is 0 Å². The Bertz CT molecular complexity index is 312. The van der Waals surface area contributed by atoms with Crippen molar-refractivity contribution in [2.75, 3.05) is 6.54 Å². The largest absolute Gasteiger partial charge is 0.421 e. The lowest BCUT2D eigenvalue weighted by molar-refractivity contribution is -0.268. The lowest BCUT2D eigenvalue weighted by Gasteiger charge is -2.30. The number of nitrogens with two attached hydrogens (primary N) is 1. The molecule has 0 heterocycles. The molecule has 0 amide bonds. The summed E-state index contributed by atoms with van der Waals surface area (Å²) < 4.78 is 38.0. The summed E-state index contributed by atoms with van der Waals surface area (Å²) in [4.78, 5) is 0. The lowest BCUT2D eigenvalue weighted by Crippen LogP contribution is -2.43. The van der Waals surface area contributed by atoms with Gasteiger partial charge in [0.15, 0.2) is 5.60 Å². The van der Waals surface area contributed by atoms with Gasteiger partial charge in [-0.15, -0.1) is 0 Å². The van der Waals surface area contributed by atoms with Crippen molar-refractivity contribution in [1.82, 2.24) is 0 Å². The van der Waals surface area contributed by atoms with Crippen LogP contribution < -0.4 is 5.73 Å². The minimum atomic E-state index is -4.71. The van der Waals surface area contributed by atoms with Gasteiger partial charge in [-0.3, -0.25) is 0 Å². The van der Waals surface area contributed by atoms with Crippen molar-refractivity contribution in [2.24, 2.45) is 5.73 Å². The molecule has 84 valence electrons. The molecule has 0 saturated heterocycles. The van der Waals surface area contributed by atoms with Crippen LogP contribution in [0.1, 0.15) is 12.0 Å². The maximum absolute atomic E-state index is 12.7. The van der Waals surface area contributed by atoms with Gasteiger partial charge in [-0.05, 0) is 12.1 Å². The fourth-order valence-corrected chi connectivity index (χ4v) is 1.37. The Kier molecular flexibility index (Phi) is 3.36. The van der Waals surface area contributed by atoms with Crippen LogP contribution in [0.25, 0.3) is 0 Å². The van der Waals surface area contributed by atoms with Crippen LogP contribution in [0.4, 0.5) is 13.2 Å². The molecular weight excluding hydrogens is 207 g/mol. The topological polar surface area (TPSA) is 46.2 Å². The second-order valence-corrected chi connectivity index (χ2v) is 3.26.